The summed E-state index contributed by atoms with van der Waals surface area (Å²) in [5, 5.41) is 2.70. The number of anilines is 1. The molecule has 36 heavy (non-hydrogen) atoms. The SMILES string of the molecule is CC(C)(C)OC(=O)N(CCCI)Cc1ccc(-n2cc(I)c(NC(=O)c3ccccc3)nc2=O)cc1. The number of alkyl halides is 1. The van der Waals surface area contributed by atoms with Gasteiger partial charge in [-0.1, -0.05) is 52.9 Å². The number of rotatable bonds is 8. The molecule has 0 aliphatic heterocycles. The molecule has 0 fully saturated rings. The highest BCUT2D eigenvalue weighted by molar-refractivity contribution is 14.1. The number of amides is 2. The molecule has 10 heteroatoms. The zero-order chi connectivity index (χ0) is 26.3. The van der Waals surface area contributed by atoms with Crippen molar-refractivity contribution in [3.8, 4) is 5.69 Å². The van der Waals surface area contributed by atoms with Crippen molar-refractivity contribution in [3.63, 3.8) is 0 Å². The maximum Gasteiger partial charge on any atom is 0.410 e. The highest BCUT2D eigenvalue weighted by Crippen LogP contribution is 2.18. The van der Waals surface area contributed by atoms with Crippen LogP contribution >= 0.6 is 45.2 Å². The molecule has 1 aromatic heterocycles. The zero-order valence-electron chi connectivity index (χ0n) is 20.3. The van der Waals surface area contributed by atoms with Gasteiger partial charge in [-0.3, -0.25) is 9.36 Å². The Kier molecular flexibility index (Phi) is 9.88. The van der Waals surface area contributed by atoms with Crippen molar-refractivity contribution in [2.45, 2.75) is 39.3 Å². The Bertz CT molecular complexity index is 1260. The lowest BCUT2D eigenvalue weighted by atomic mass is 10.2. The summed E-state index contributed by atoms with van der Waals surface area (Å²) >= 11 is 4.33. The van der Waals surface area contributed by atoms with E-state index in [-0.39, 0.29) is 17.8 Å². The lowest BCUT2D eigenvalue weighted by Gasteiger charge is -2.27. The molecule has 0 saturated carbocycles. The Labute approximate surface area is 237 Å². The van der Waals surface area contributed by atoms with Crippen molar-refractivity contribution in [2.24, 2.45) is 0 Å². The molecule has 2 amide bonds. The van der Waals surface area contributed by atoms with Crippen LogP contribution in [0.25, 0.3) is 5.69 Å². The molecule has 3 rings (SSSR count). The summed E-state index contributed by atoms with van der Waals surface area (Å²) in [6.07, 6.45) is 2.16. The van der Waals surface area contributed by atoms with Crippen LogP contribution in [0.1, 0.15) is 43.1 Å². The fraction of sp³-hybridized carbons (Fsp3) is 0.308. The molecule has 0 aliphatic rings. The first-order valence-corrected chi connectivity index (χ1v) is 14.0. The number of nitrogens with zero attached hydrogens (tertiary/aromatic N) is 3. The third-order valence-electron chi connectivity index (χ3n) is 4.95. The summed E-state index contributed by atoms with van der Waals surface area (Å²) in [6.45, 7) is 6.55. The van der Waals surface area contributed by atoms with Gasteiger partial charge >= 0.3 is 11.8 Å². The van der Waals surface area contributed by atoms with Gasteiger partial charge in [0, 0.05) is 29.3 Å². The third-order valence-corrected chi connectivity index (χ3v) is 6.50. The van der Waals surface area contributed by atoms with Crippen molar-refractivity contribution in [1.82, 2.24) is 14.5 Å². The number of carbonyl (C=O) groups is 2. The lowest BCUT2D eigenvalue weighted by Crippen LogP contribution is -2.37. The number of ether oxygens (including phenoxy) is 1. The summed E-state index contributed by atoms with van der Waals surface area (Å²) in [6, 6.07) is 16.1. The molecule has 8 nitrogen and oxygen atoms in total. The molecule has 0 spiro atoms. The smallest absolute Gasteiger partial charge is 0.410 e. The van der Waals surface area contributed by atoms with Gasteiger partial charge in [-0.25, -0.2) is 9.59 Å². The number of carbonyl (C=O) groups excluding carboxylic acids is 2. The van der Waals surface area contributed by atoms with E-state index in [1.54, 1.807) is 35.4 Å². The minimum atomic E-state index is -0.568. The molecule has 0 saturated heterocycles. The van der Waals surface area contributed by atoms with Gasteiger partial charge in [-0.05, 0) is 79.6 Å². The lowest BCUT2D eigenvalue weighted by molar-refractivity contribution is 0.0234. The van der Waals surface area contributed by atoms with Crippen molar-refractivity contribution >= 4 is 63.0 Å². The van der Waals surface area contributed by atoms with Crippen molar-refractivity contribution < 1.29 is 14.3 Å². The number of halogens is 2. The van der Waals surface area contributed by atoms with Crippen LogP contribution < -0.4 is 11.0 Å². The fourth-order valence-electron chi connectivity index (χ4n) is 3.27. The second-order valence-corrected chi connectivity index (χ2v) is 11.3. The minimum absolute atomic E-state index is 0.214. The van der Waals surface area contributed by atoms with E-state index in [0.717, 1.165) is 16.4 Å². The predicted molar refractivity (Wildman–Crippen MR) is 157 cm³/mol. The van der Waals surface area contributed by atoms with E-state index in [0.29, 0.717) is 27.9 Å². The van der Waals surface area contributed by atoms with Crippen molar-refractivity contribution in [1.29, 1.82) is 0 Å². The average molecular weight is 714 g/mol. The Morgan fingerprint density at radius 1 is 1.08 bits per heavy atom. The van der Waals surface area contributed by atoms with Crippen LogP contribution in [0, 0.1) is 3.57 Å². The molecular formula is C26H28I2N4O4. The van der Waals surface area contributed by atoms with Crippen LogP contribution in [0.3, 0.4) is 0 Å². The maximum absolute atomic E-state index is 12.7. The van der Waals surface area contributed by atoms with Crippen LogP contribution in [-0.4, -0.2) is 43.0 Å². The minimum Gasteiger partial charge on any atom is -0.444 e. The van der Waals surface area contributed by atoms with Gasteiger partial charge < -0.3 is 15.0 Å². The number of aromatic nitrogens is 2. The summed E-state index contributed by atoms with van der Waals surface area (Å²) in [4.78, 5) is 43.6. The Hall–Kier alpha value is -2.48. The highest BCUT2D eigenvalue weighted by atomic mass is 127. The number of benzene rings is 2. The molecule has 2 aromatic carbocycles. The standard InChI is InChI=1S/C26H28I2N4O4/c1-26(2,3)36-25(35)31(15-7-14-27)16-18-10-12-20(13-11-18)32-17-21(28)22(30-24(32)34)29-23(33)19-8-5-4-6-9-19/h4-6,8-13,17H,7,14-16H2,1-3H3,(H,29,30,33,34). The monoisotopic (exact) mass is 714 g/mol. The number of nitrogens with one attached hydrogen (secondary N) is 1. The molecule has 3 aromatic rings. The fourth-order valence-corrected chi connectivity index (χ4v) is 4.14. The van der Waals surface area contributed by atoms with Crippen molar-refractivity contribution in [2.75, 3.05) is 16.3 Å². The first-order chi connectivity index (χ1) is 17.1. The zero-order valence-corrected chi connectivity index (χ0v) is 24.6. The van der Waals surface area contributed by atoms with Gasteiger partial charge in [0.2, 0.25) is 0 Å². The van der Waals surface area contributed by atoms with E-state index >= 15 is 0 Å². The molecule has 0 bridgehead atoms. The number of hydrogen-bond acceptors (Lipinski definition) is 5. The molecule has 1 N–H and O–H groups in total. The van der Waals surface area contributed by atoms with E-state index in [9.17, 15) is 14.4 Å². The van der Waals surface area contributed by atoms with Crippen LogP contribution in [-0.2, 0) is 11.3 Å². The second-order valence-electron chi connectivity index (χ2n) is 9.02. The second kappa shape index (κ2) is 12.7. The maximum atomic E-state index is 12.7. The molecular weight excluding hydrogens is 686 g/mol. The summed E-state index contributed by atoms with van der Waals surface area (Å²) in [5.74, 6) is -0.120. The van der Waals surface area contributed by atoms with E-state index < -0.39 is 11.3 Å². The first-order valence-electron chi connectivity index (χ1n) is 11.4. The summed E-state index contributed by atoms with van der Waals surface area (Å²) in [7, 11) is 0. The molecule has 190 valence electrons. The van der Waals surface area contributed by atoms with Gasteiger partial charge in [0.1, 0.15) is 5.60 Å². The predicted octanol–water partition coefficient (Wildman–Crippen LogP) is 5.65. The van der Waals surface area contributed by atoms with E-state index in [2.05, 4.69) is 32.9 Å². The molecule has 0 radical (unpaired) electrons. The molecule has 1 heterocycles. The van der Waals surface area contributed by atoms with Crippen LogP contribution in [0.2, 0.25) is 0 Å². The molecule has 0 aliphatic carbocycles. The Morgan fingerprint density at radius 3 is 2.36 bits per heavy atom. The van der Waals surface area contributed by atoms with Crippen LogP contribution in [0.15, 0.2) is 65.6 Å². The van der Waals surface area contributed by atoms with Crippen molar-refractivity contribution in [3.05, 3.63) is 86.0 Å². The Balaban J connectivity index is 1.76. The van der Waals surface area contributed by atoms with Crippen LogP contribution in [0.5, 0.6) is 0 Å². The van der Waals surface area contributed by atoms with Gasteiger partial charge in [0.25, 0.3) is 5.91 Å². The highest BCUT2D eigenvalue weighted by Gasteiger charge is 2.22. The van der Waals surface area contributed by atoms with E-state index in [1.807, 2.05) is 73.7 Å². The Morgan fingerprint density at radius 2 is 1.75 bits per heavy atom. The average Bonchev–Trinajstić information content (AvgIpc) is 2.83. The van der Waals surface area contributed by atoms with E-state index in [1.165, 1.54) is 4.57 Å². The third kappa shape index (κ3) is 8.02. The summed E-state index contributed by atoms with van der Waals surface area (Å²) in [5.41, 5.74) is 0.950. The normalized spacial score (nSPS) is 11.1. The summed E-state index contributed by atoms with van der Waals surface area (Å²) < 4.78 is 8.54. The van der Waals surface area contributed by atoms with Gasteiger partial charge in [-0.15, -0.1) is 0 Å². The molecule has 0 atom stereocenters. The van der Waals surface area contributed by atoms with Gasteiger partial charge in [0.05, 0.1) is 9.26 Å². The first kappa shape index (κ1) is 28.1. The van der Waals surface area contributed by atoms with Gasteiger partial charge in [-0.2, -0.15) is 4.98 Å². The van der Waals surface area contributed by atoms with Crippen LogP contribution in [0.4, 0.5) is 10.6 Å². The number of hydrogen-bond donors (Lipinski definition) is 1. The largest absolute Gasteiger partial charge is 0.444 e. The van der Waals surface area contributed by atoms with E-state index in [4.69, 9.17) is 4.74 Å². The molecule has 0 unspecified atom stereocenters. The topological polar surface area (TPSA) is 93.5 Å². The quantitative estimate of drug-likeness (QED) is 0.241. The van der Waals surface area contributed by atoms with Gasteiger partial charge in [0.15, 0.2) is 5.82 Å².